The Hall–Kier alpha value is -2.50. The number of anilines is 1. The Bertz CT molecular complexity index is 563. The number of hydrogen-bond acceptors (Lipinski definition) is 5. The largest absolute Gasteiger partial charge is 0.497 e. The Kier molecular flexibility index (Phi) is 4.60. The summed E-state index contributed by atoms with van der Waals surface area (Å²) < 4.78 is 11.5. The summed E-state index contributed by atoms with van der Waals surface area (Å²) in [6, 6.07) is 9.57. The fourth-order valence-electron chi connectivity index (χ4n) is 1.75. The number of methoxy groups -OCH3 is 2. The van der Waals surface area contributed by atoms with Crippen molar-refractivity contribution >= 4 is 11.8 Å². The number of carbonyl (C=O) groups is 1. The first-order valence-electron chi connectivity index (χ1n) is 6.18. The molecule has 0 unspecified atom stereocenters. The molecule has 0 spiro atoms. The zero-order valence-corrected chi connectivity index (χ0v) is 11.5. The van der Waals surface area contributed by atoms with Crippen molar-refractivity contribution in [2.75, 3.05) is 26.1 Å². The highest BCUT2D eigenvalue weighted by Gasteiger charge is 2.06. The Morgan fingerprint density at radius 1 is 1.25 bits per heavy atom. The van der Waals surface area contributed by atoms with E-state index < -0.39 is 0 Å². The van der Waals surface area contributed by atoms with Crippen molar-refractivity contribution in [3.8, 4) is 5.75 Å². The van der Waals surface area contributed by atoms with Gasteiger partial charge in [0.25, 0.3) is 0 Å². The van der Waals surface area contributed by atoms with Crippen LogP contribution in [-0.4, -0.2) is 36.5 Å². The van der Waals surface area contributed by atoms with Crippen LogP contribution in [0.2, 0.25) is 0 Å². The number of nitrogens with zero attached hydrogens (tertiary/aromatic N) is 2. The Morgan fingerprint density at radius 2 is 2.00 bits per heavy atom. The third-order valence-corrected chi connectivity index (χ3v) is 2.85. The molecule has 0 bridgehead atoms. The highest BCUT2D eigenvalue weighted by atomic mass is 16.5. The smallest absolute Gasteiger partial charge is 0.325 e. The van der Waals surface area contributed by atoms with Gasteiger partial charge in [-0.15, -0.1) is 0 Å². The number of benzene rings is 1. The standard InChI is InChI=1S/C14H17N3O3/c1-19-12-5-3-11(4-6-12)10-17-13(7-8-16-17)15-9-14(18)20-2/h3-8,15H,9-10H2,1-2H3. The van der Waals surface area contributed by atoms with Gasteiger partial charge in [-0.2, -0.15) is 5.10 Å². The van der Waals surface area contributed by atoms with Gasteiger partial charge in [-0.25, -0.2) is 4.68 Å². The molecule has 0 radical (unpaired) electrons. The van der Waals surface area contributed by atoms with Crippen molar-refractivity contribution in [3.63, 3.8) is 0 Å². The van der Waals surface area contributed by atoms with E-state index in [9.17, 15) is 4.79 Å². The van der Waals surface area contributed by atoms with E-state index in [4.69, 9.17) is 4.74 Å². The molecule has 1 N–H and O–H groups in total. The van der Waals surface area contributed by atoms with E-state index in [1.807, 2.05) is 30.3 Å². The van der Waals surface area contributed by atoms with Crippen molar-refractivity contribution in [1.82, 2.24) is 9.78 Å². The highest BCUT2D eigenvalue weighted by molar-refractivity contribution is 5.74. The summed E-state index contributed by atoms with van der Waals surface area (Å²) in [6.07, 6.45) is 1.68. The third kappa shape index (κ3) is 3.50. The summed E-state index contributed by atoms with van der Waals surface area (Å²) >= 11 is 0. The van der Waals surface area contributed by atoms with Crippen molar-refractivity contribution in [2.45, 2.75) is 6.54 Å². The van der Waals surface area contributed by atoms with E-state index in [1.165, 1.54) is 7.11 Å². The van der Waals surface area contributed by atoms with Crippen molar-refractivity contribution in [3.05, 3.63) is 42.1 Å². The maximum Gasteiger partial charge on any atom is 0.325 e. The zero-order chi connectivity index (χ0) is 14.4. The number of esters is 1. The molecule has 1 aromatic carbocycles. The first-order valence-corrected chi connectivity index (χ1v) is 6.18. The van der Waals surface area contributed by atoms with Gasteiger partial charge in [0.05, 0.1) is 27.0 Å². The number of rotatable bonds is 6. The van der Waals surface area contributed by atoms with E-state index in [2.05, 4.69) is 15.2 Å². The van der Waals surface area contributed by atoms with Crippen LogP contribution < -0.4 is 10.1 Å². The minimum absolute atomic E-state index is 0.116. The molecular weight excluding hydrogens is 258 g/mol. The van der Waals surface area contributed by atoms with Crippen LogP contribution in [0.5, 0.6) is 5.75 Å². The number of hydrogen-bond donors (Lipinski definition) is 1. The fraction of sp³-hybridized carbons (Fsp3) is 0.286. The predicted molar refractivity (Wildman–Crippen MR) is 74.8 cm³/mol. The summed E-state index contributed by atoms with van der Waals surface area (Å²) in [7, 11) is 3.00. The van der Waals surface area contributed by atoms with Gasteiger partial charge in [-0.3, -0.25) is 4.79 Å². The van der Waals surface area contributed by atoms with Crippen molar-refractivity contribution in [1.29, 1.82) is 0 Å². The van der Waals surface area contributed by atoms with Crippen molar-refractivity contribution < 1.29 is 14.3 Å². The van der Waals surface area contributed by atoms with Crippen LogP contribution in [0.3, 0.4) is 0 Å². The van der Waals surface area contributed by atoms with Crippen LogP contribution in [-0.2, 0) is 16.1 Å². The van der Waals surface area contributed by atoms with Crippen LogP contribution in [0.25, 0.3) is 0 Å². The van der Waals surface area contributed by atoms with Crippen LogP contribution >= 0.6 is 0 Å². The lowest BCUT2D eigenvalue weighted by atomic mass is 10.2. The predicted octanol–water partition coefficient (Wildman–Crippen LogP) is 1.52. The number of nitrogens with one attached hydrogen (secondary N) is 1. The second-order valence-corrected chi connectivity index (χ2v) is 4.15. The summed E-state index contributed by atoms with van der Waals surface area (Å²) in [5.41, 5.74) is 1.09. The summed E-state index contributed by atoms with van der Waals surface area (Å²) in [5.74, 6) is 1.27. The minimum atomic E-state index is -0.317. The molecule has 0 saturated heterocycles. The van der Waals surface area contributed by atoms with E-state index in [-0.39, 0.29) is 12.5 Å². The minimum Gasteiger partial charge on any atom is -0.497 e. The normalized spacial score (nSPS) is 10.1. The molecule has 0 saturated carbocycles. The monoisotopic (exact) mass is 275 g/mol. The van der Waals surface area contributed by atoms with E-state index in [0.29, 0.717) is 6.54 Å². The average Bonchev–Trinajstić information content (AvgIpc) is 2.92. The first kappa shape index (κ1) is 13.9. The van der Waals surface area contributed by atoms with Gasteiger partial charge in [0, 0.05) is 6.07 Å². The van der Waals surface area contributed by atoms with Gasteiger partial charge >= 0.3 is 5.97 Å². The van der Waals surface area contributed by atoms with Gasteiger partial charge in [0.1, 0.15) is 18.1 Å². The lowest BCUT2D eigenvalue weighted by molar-refractivity contribution is -0.138. The Morgan fingerprint density at radius 3 is 2.65 bits per heavy atom. The SMILES string of the molecule is COC(=O)CNc1ccnn1Cc1ccc(OC)cc1. The summed E-state index contributed by atoms with van der Waals surface area (Å²) in [4.78, 5) is 11.1. The second kappa shape index (κ2) is 6.60. The molecule has 0 amide bonds. The fourth-order valence-corrected chi connectivity index (χ4v) is 1.75. The molecular formula is C14H17N3O3. The lowest BCUT2D eigenvalue weighted by Crippen LogP contribution is -2.17. The topological polar surface area (TPSA) is 65.4 Å². The summed E-state index contributed by atoms with van der Waals surface area (Å²) in [6.45, 7) is 0.727. The molecule has 1 heterocycles. The number of aromatic nitrogens is 2. The molecule has 106 valence electrons. The van der Waals surface area contributed by atoms with E-state index >= 15 is 0 Å². The van der Waals surface area contributed by atoms with Gasteiger partial charge in [0.2, 0.25) is 0 Å². The molecule has 0 aliphatic rings. The molecule has 2 rings (SSSR count). The Balaban J connectivity index is 2.02. The number of carbonyl (C=O) groups excluding carboxylic acids is 1. The maximum atomic E-state index is 11.1. The van der Waals surface area contributed by atoms with Crippen LogP contribution in [0, 0.1) is 0 Å². The van der Waals surface area contributed by atoms with Gasteiger partial charge in [-0.05, 0) is 17.7 Å². The quantitative estimate of drug-likeness (QED) is 0.810. The Labute approximate surface area is 117 Å². The highest BCUT2D eigenvalue weighted by Crippen LogP contribution is 2.14. The second-order valence-electron chi connectivity index (χ2n) is 4.15. The molecule has 0 atom stereocenters. The molecule has 6 nitrogen and oxygen atoms in total. The lowest BCUT2D eigenvalue weighted by Gasteiger charge is -2.09. The zero-order valence-electron chi connectivity index (χ0n) is 11.5. The van der Waals surface area contributed by atoms with E-state index in [1.54, 1.807) is 18.0 Å². The van der Waals surface area contributed by atoms with Gasteiger partial charge in [-0.1, -0.05) is 12.1 Å². The molecule has 0 aliphatic carbocycles. The first-order chi connectivity index (χ1) is 9.72. The maximum absolute atomic E-state index is 11.1. The van der Waals surface area contributed by atoms with Crippen molar-refractivity contribution in [2.24, 2.45) is 0 Å². The molecule has 2 aromatic rings. The summed E-state index contributed by atoms with van der Waals surface area (Å²) in [5, 5.41) is 7.22. The average molecular weight is 275 g/mol. The van der Waals surface area contributed by atoms with Crippen LogP contribution in [0.1, 0.15) is 5.56 Å². The molecule has 20 heavy (non-hydrogen) atoms. The molecule has 6 heteroatoms. The molecule has 1 aromatic heterocycles. The molecule has 0 fully saturated rings. The van der Waals surface area contributed by atoms with Gasteiger partial charge in [0.15, 0.2) is 0 Å². The van der Waals surface area contributed by atoms with E-state index in [0.717, 1.165) is 17.1 Å². The molecule has 0 aliphatic heterocycles. The van der Waals surface area contributed by atoms with Crippen LogP contribution in [0.15, 0.2) is 36.5 Å². The van der Waals surface area contributed by atoms with Gasteiger partial charge < -0.3 is 14.8 Å². The van der Waals surface area contributed by atoms with Crippen LogP contribution in [0.4, 0.5) is 5.82 Å². The number of ether oxygens (including phenoxy) is 2. The third-order valence-electron chi connectivity index (χ3n) is 2.85.